The highest BCUT2D eigenvalue weighted by atomic mass is 32.2. The molecule has 0 aliphatic heterocycles. The van der Waals surface area contributed by atoms with Crippen molar-refractivity contribution in [3.8, 4) is 0 Å². The van der Waals surface area contributed by atoms with Gasteiger partial charge in [0.05, 0.1) is 5.75 Å². The van der Waals surface area contributed by atoms with E-state index in [9.17, 15) is 18.6 Å². The van der Waals surface area contributed by atoms with Crippen molar-refractivity contribution < 1.29 is 23.7 Å². The Bertz CT molecular complexity index is 278. The number of aldehydes is 1. The van der Waals surface area contributed by atoms with E-state index in [0.29, 0.717) is 6.29 Å². The lowest BCUT2D eigenvalue weighted by Crippen LogP contribution is -2.43. The van der Waals surface area contributed by atoms with Crippen LogP contribution in [0.2, 0.25) is 0 Å². The summed E-state index contributed by atoms with van der Waals surface area (Å²) in [4.78, 5) is 31.2. The van der Waals surface area contributed by atoms with Crippen molar-refractivity contribution in [2.24, 2.45) is 0 Å². The SMILES string of the molecule is CC(=O)N[C@@H](CS(=O)CCC=O)C(=O)O. The Morgan fingerprint density at radius 3 is 2.53 bits per heavy atom. The first kappa shape index (κ1) is 13.8. The second kappa shape index (κ2) is 7.10. The second-order valence-electron chi connectivity index (χ2n) is 2.86. The van der Waals surface area contributed by atoms with Crippen molar-refractivity contribution in [2.45, 2.75) is 19.4 Å². The van der Waals surface area contributed by atoms with Crippen LogP contribution in [-0.2, 0) is 25.2 Å². The Morgan fingerprint density at radius 2 is 2.13 bits per heavy atom. The zero-order chi connectivity index (χ0) is 11.8. The number of carbonyl (C=O) groups is 3. The minimum Gasteiger partial charge on any atom is -0.480 e. The van der Waals surface area contributed by atoms with E-state index in [4.69, 9.17) is 5.11 Å². The van der Waals surface area contributed by atoms with E-state index in [-0.39, 0.29) is 17.9 Å². The largest absolute Gasteiger partial charge is 0.480 e. The molecule has 0 rings (SSSR count). The van der Waals surface area contributed by atoms with Crippen LogP contribution in [0.1, 0.15) is 13.3 Å². The molecule has 1 amide bonds. The van der Waals surface area contributed by atoms with Gasteiger partial charge in [0, 0.05) is 29.9 Å². The van der Waals surface area contributed by atoms with E-state index in [1.165, 1.54) is 6.92 Å². The van der Waals surface area contributed by atoms with Gasteiger partial charge in [0.2, 0.25) is 5.91 Å². The van der Waals surface area contributed by atoms with Crippen molar-refractivity contribution in [1.29, 1.82) is 0 Å². The maximum Gasteiger partial charge on any atom is 0.327 e. The average molecular weight is 235 g/mol. The zero-order valence-corrected chi connectivity index (χ0v) is 9.08. The Labute approximate surface area is 89.5 Å². The average Bonchev–Trinajstić information content (AvgIpc) is 2.12. The Balaban J connectivity index is 4.16. The molecule has 0 radical (unpaired) electrons. The number of rotatable bonds is 7. The molecule has 6 nitrogen and oxygen atoms in total. The molecular weight excluding hydrogens is 222 g/mol. The van der Waals surface area contributed by atoms with E-state index in [1.54, 1.807) is 0 Å². The van der Waals surface area contributed by atoms with Crippen LogP contribution < -0.4 is 5.32 Å². The molecule has 0 fully saturated rings. The molecule has 0 aliphatic carbocycles. The number of carbonyl (C=O) groups excluding carboxylic acids is 2. The first-order valence-corrected chi connectivity index (χ1v) is 5.74. The van der Waals surface area contributed by atoms with Gasteiger partial charge in [-0.2, -0.15) is 0 Å². The number of hydrogen-bond acceptors (Lipinski definition) is 4. The molecule has 0 aromatic heterocycles. The lowest BCUT2D eigenvalue weighted by molar-refractivity contribution is -0.140. The van der Waals surface area contributed by atoms with Gasteiger partial charge >= 0.3 is 5.97 Å². The highest BCUT2D eigenvalue weighted by Crippen LogP contribution is 1.93. The number of carboxylic acid groups (broad SMARTS) is 1. The fourth-order valence-corrected chi connectivity index (χ4v) is 1.99. The van der Waals surface area contributed by atoms with Crippen molar-refractivity contribution in [1.82, 2.24) is 5.32 Å². The standard InChI is InChI=1S/C8H13NO5S/c1-6(11)9-7(8(12)13)5-15(14)4-2-3-10/h3,7H,2,4-5H2,1H3,(H,9,11)(H,12,13)/t7-,15?/m0/s1. The van der Waals surface area contributed by atoms with Crippen LogP contribution in [0.3, 0.4) is 0 Å². The van der Waals surface area contributed by atoms with Crippen LogP contribution in [0.5, 0.6) is 0 Å². The highest BCUT2D eigenvalue weighted by molar-refractivity contribution is 7.85. The van der Waals surface area contributed by atoms with Crippen LogP contribution in [0.15, 0.2) is 0 Å². The Kier molecular flexibility index (Phi) is 6.52. The highest BCUT2D eigenvalue weighted by Gasteiger charge is 2.20. The Hall–Kier alpha value is -1.24. The third-order valence-corrected chi connectivity index (χ3v) is 2.89. The van der Waals surface area contributed by atoms with Gasteiger partial charge in [0.1, 0.15) is 12.3 Å². The topological polar surface area (TPSA) is 101 Å². The number of carboxylic acids is 1. The molecule has 0 spiro atoms. The van der Waals surface area contributed by atoms with Gasteiger partial charge in [0.25, 0.3) is 0 Å². The molecule has 15 heavy (non-hydrogen) atoms. The molecule has 0 aromatic carbocycles. The molecule has 0 aromatic rings. The molecule has 0 bridgehead atoms. The van der Waals surface area contributed by atoms with Gasteiger partial charge in [-0.15, -0.1) is 0 Å². The molecule has 0 saturated carbocycles. The number of amides is 1. The summed E-state index contributed by atoms with van der Waals surface area (Å²) < 4.78 is 11.2. The van der Waals surface area contributed by atoms with Crippen molar-refractivity contribution in [3.63, 3.8) is 0 Å². The molecule has 7 heteroatoms. The molecule has 86 valence electrons. The molecule has 0 heterocycles. The fourth-order valence-electron chi connectivity index (χ4n) is 0.869. The quantitative estimate of drug-likeness (QED) is 0.546. The second-order valence-corrected chi connectivity index (χ2v) is 4.48. The first-order valence-electron chi connectivity index (χ1n) is 4.26. The monoisotopic (exact) mass is 235 g/mol. The van der Waals surface area contributed by atoms with Crippen molar-refractivity contribution in [3.05, 3.63) is 0 Å². The summed E-state index contributed by atoms with van der Waals surface area (Å²) in [6.45, 7) is 1.18. The fraction of sp³-hybridized carbons (Fsp3) is 0.625. The lowest BCUT2D eigenvalue weighted by atomic mass is 10.3. The molecule has 2 N–H and O–H groups in total. The summed E-state index contributed by atoms with van der Waals surface area (Å²) >= 11 is 0. The first-order chi connectivity index (χ1) is 6.97. The maximum atomic E-state index is 11.2. The molecule has 0 aliphatic rings. The van der Waals surface area contributed by atoms with E-state index in [1.807, 2.05) is 0 Å². The zero-order valence-electron chi connectivity index (χ0n) is 8.26. The van der Waals surface area contributed by atoms with Crippen LogP contribution in [0.4, 0.5) is 0 Å². The van der Waals surface area contributed by atoms with E-state index < -0.39 is 28.7 Å². The molecule has 2 atom stereocenters. The summed E-state index contributed by atoms with van der Waals surface area (Å²) in [6, 6.07) is -1.16. The number of aliphatic carboxylic acids is 1. The number of nitrogens with one attached hydrogen (secondary N) is 1. The summed E-state index contributed by atoms with van der Waals surface area (Å²) in [5.74, 6) is -1.78. The summed E-state index contributed by atoms with van der Waals surface area (Å²) in [5.41, 5.74) is 0. The van der Waals surface area contributed by atoms with Gasteiger partial charge in [-0.05, 0) is 0 Å². The van der Waals surface area contributed by atoms with Crippen molar-refractivity contribution in [2.75, 3.05) is 11.5 Å². The smallest absolute Gasteiger partial charge is 0.327 e. The normalized spacial score (nSPS) is 13.9. The van der Waals surface area contributed by atoms with Crippen LogP contribution in [0, 0.1) is 0 Å². The van der Waals surface area contributed by atoms with E-state index in [2.05, 4.69) is 5.32 Å². The van der Waals surface area contributed by atoms with Crippen LogP contribution in [0.25, 0.3) is 0 Å². The lowest BCUT2D eigenvalue weighted by Gasteiger charge is -2.11. The number of hydrogen-bond donors (Lipinski definition) is 2. The van der Waals surface area contributed by atoms with Gasteiger partial charge in [-0.1, -0.05) is 0 Å². The minimum atomic E-state index is -1.41. The molecule has 0 saturated heterocycles. The summed E-state index contributed by atoms with van der Waals surface area (Å²) in [5, 5.41) is 10.8. The summed E-state index contributed by atoms with van der Waals surface area (Å²) in [7, 11) is -1.41. The molecular formula is C8H13NO5S. The third-order valence-electron chi connectivity index (χ3n) is 1.49. The molecule has 1 unspecified atom stereocenters. The predicted molar refractivity (Wildman–Crippen MR) is 53.8 cm³/mol. The Morgan fingerprint density at radius 1 is 1.53 bits per heavy atom. The maximum absolute atomic E-state index is 11.2. The van der Waals surface area contributed by atoms with Gasteiger partial charge in [0.15, 0.2) is 0 Å². The van der Waals surface area contributed by atoms with E-state index in [0.717, 1.165) is 0 Å². The van der Waals surface area contributed by atoms with Crippen LogP contribution >= 0.6 is 0 Å². The summed E-state index contributed by atoms with van der Waals surface area (Å²) in [6.07, 6.45) is 0.741. The minimum absolute atomic E-state index is 0.118. The van der Waals surface area contributed by atoms with Gasteiger partial charge < -0.3 is 15.2 Å². The van der Waals surface area contributed by atoms with E-state index >= 15 is 0 Å². The van der Waals surface area contributed by atoms with Gasteiger partial charge in [-0.25, -0.2) is 4.79 Å². The van der Waals surface area contributed by atoms with Gasteiger partial charge in [-0.3, -0.25) is 9.00 Å². The van der Waals surface area contributed by atoms with Crippen LogP contribution in [-0.4, -0.2) is 45.0 Å². The third kappa shape index (κ3) is 6.78. The predicted octanol–water partition coefficient (Wildman–Crippen LogP) is -1.09. The van der Waals surface area contributed by atoms with Crippen molar-refractivity contribution >= 4 is 29.0 Å².